The molecule has 1 fully saturated rings. The van der Waals surface area contributed by atoms with Gasteiger partial charge in [0.2, 0.25) is 6.41 Å². The Balaban J connectivity index is 2.25. The first-order valence-corrected chi connectivity index (χ1v) is 7.97. The molecule has 1 aromatic rings. The smallest absolute Gasteiger partial charge is 0.387 e. The van der Waals surface area contributed by atoms with Crippen LogP contribution in [0.2, 0.25) is 0 Å². The first-order chi connectivity index (χ1) is 11.2. The predicted molar refractivity (Wildman–Crippen MR) is 74.4 cm³/mol. The van der Waals surface area contributed by atoms with E-state index in [0.717, 1.165) is 10.9 Å². The van der Waals surface area contributed by atoms with Crippen LogP contribution in [0, 0.1) is 0 Å². The molecule has 7 N–H and O–H groups in total. The summed E-state index contributed by atoms with van der Waals surface area (Å²) in [6.45, 7) is -0.709. The van der Waals surface area contributed by atoms with E-state index in [1.807, 2.05) is 0 Å². The maximum absolute atomic E-state index is 11.5. The summed E-state index contributed by atoms with van der Waals surface area (Å²) in [7, 11) is -4.80. The Hall–Kier alpha value is -1.86. The summed E-state index contributed by atoms with van der Waals surface area (Å²) in [5.74, 6) is -1.17. The zero-order valence-corrected chi connectivity index (χ0v) is 12.8. The van der Waals surface area contributed by atoms with E-state index in [4.69, 9.17) is 20.3 Å². The SMILES string of the molecule is NC(=O)c1c(NC=O)ncn1C1OC(COP(=O)(O)O)C(O)C1O. The highest BCUT2D eigenvalue weighted by Crippen LogP contribution is 2.38. The number of carbonyl (C=O) groups is 2. The number of ether oxygens (including phenoxy) is 1. The number of aliphatic hydroxyl groups excluding tert-OH is 2. The molecule has 2 amide bonds. The monoisotopic (exact) mass is 366 g/mol. The van der Waals surface area contributed by atoms with Crippen molar-refractivity contribution in [2.24, 2.45) is 5.73 Å². The van der Waals surface area contributed by atoms with Gasteiger partial charge in [0.25, 0.3) is 5.91 Å². The van der Waals surface area contributed by atoms with Gasteiger partial charge in [-0.15, -0.1) is 0 Å². The number of anilines is 1. The van der Waals surface area contributed by atoms with Crippen molar-refractivity contribution < 1.29 is 43.4 Å². The second-order valence-electron chi connectivity index (χ2n) is 4.81. The number of nitrogens with one attached hydrogen (secondary N) is 1. The maximum Gasteiger partial charge on any atom is 0.469 e. The molecule has 0 aromatic carbocycles. The van der Waals surface area contributed by atoms with E-state index in [1.54, 1.807) is 0 Å². The zero-order valence-electron chi connectivity index (χ0n) is 11.9. The molecule has 1 aliphatic heterocycles. The average Bonchev–Trinajstić information content (AvgIpc) is 3.00. The van der Waals surface area contributed by atoms with Gasteiger partial charge in [0.15, 0.2) is 17.7 Å². The number of hydrogen-bond acceptors (Lipinski definition) is 8. The summed E-state index contributed by atoms with van der Waals surface area (Å²) >= 11 is 0. The number of hydrogen-bond donors (Lipinski definition) is 6. The topological polar surface area (TPSA) is 206 Å². The Morgan fingerprint density at radius 1 is 1.50 bits per heavy atom. The van der Waals surface area contributed by atoms with Crippen LogP contribution in [0.25, 0.3) is 0 Å². The van der Waals surface area contributed by atoms with E-state index in [1.165, 1.54) is 0 Å². The molecule has 2 rings (SSSR count). The highest BCUT2D eigenvalue weighted by atomic mass is 31.2. The molecule has 24 heavy (non-hydrogen) atoms. The van der Waals surface area contributed by atoms with Crippen molar-refractivity contribution in [1.82, 2.24) is 9.55 Å². The minimum absolute atomic E-state index is 0.183. The molecule has 0 aliphatic carbocycles. The summed E-state index contributed by atoms with van der Waals surface area (Å²) < 4.78 is 21.2. The third-order valence-corrected chi connectivity index (χ3v) is 3.73. The number of phosphoric ester groups is 1. The molecule has 0 saturated carbocycles. The van der Waals surface area contributed by atoms with Crippen molar-refractivity contribution in [2.75, 3.05) is 11.9 Å². The van der Waals surface area contributed by atoms with Gasteiger partial charge in [0.1, 0.15) is 18.3 Å². The fraction of sp³-hybridized carbons (Fsp3) is 0.500. The number of primary amides is 1. The lowest BCUT2D eigenvalue weighted by atomic mass is 10.1. The minimum atomic E-state index is -4.80. The molecule has 1 aliphatic rings. The largest absolute Gasteiger partial charge is 0.469 e. The first kappa shape index (κ1) is 18.5. The fourth-order valence-corrected chi connectivity index (χ4v) is 2.57. The van der Waals surface area contributed by atoms with E-state index < -0.39 is 44.9 Å². The lowest BCUT2D eigenvalue weighted by Gasteiger charge is -2.18. The zero-order chi connectivity index (χ0) is 18.1. The van der Waals surface area contributed by atoms with Crippen molar-refractivity contribution in [3.63, 3.8) is 0 Å². The highest BCUT2D eigenvalue weighted by molar-refractivity contribution is 7.46. The predicted octanol–water partition coefficient (Wildman–Crippen LogP) is -2.72. The van der Waals surface area contributed by atoms with Gasteiger partial charge in [-0.2, -0.15) is 0 Å². The number of nitrogens with two attached hydrogens (primary N) is 1. The van der Waals surface area contributed by atoms with Crippen molar-refractivity contribution in [2.45, 2.75) is 24.5 Å². The van der Waals surface area contributed by atoms with Gasteiger partial charge in [0, 0.05) is 0 Å². The second kappa shape index (κ2) is 6.94. The van der Waals surface area contributed by atoms with Gasteiger partial charge in [-0.1, -0.05) is 0 Å². The third kappa shape index (κ3) is 3.79. The van der Waals surface area contributed by atoms with Crippen molar-refractivity contribution in [1.29, 1.82) is 0 Å². The quantitative estimate of drug-likeness (QED) is 0.217. The van der Waals surface area contributed by atoms with Gasteiger partial charge in [-0.25, -0.2) is 9.55 Å². The summed E-state index contributed by atoms with van der Waals surface area (Å²) in [6.07, 6.45) is -4.47. The van der Waals surface area contributed by atoms with E-state index in [0.29, 0.717) is 0 Å². The lowest BCUT2D eigenvalue weighted by Crippen LogP contribution is -2.34. The standard InChI is InChI=1S/C10H15N4O9P/c11-8(18)5-9(13-3-15)12-2-14(5)10-7(17)6(16)4(23-10)1-22-24(19,20)21/h2-4,6-7,10,16-17H,1H2,(H2,11,18)(H,13,15)(H2,19,20,21). The average molecular weight is 366 g/mol. The molecule has 134 valence electrons. The summed E-state index contributed by atoms with van der Waals surface area (Å²) in [5, 5.41) is 22.1. The van der Waals surface area contributed by atoms with Crippen molar-refractivity contribution in [3.8, 4) is 0 Å². The van der Waals surface area contributed by atoms with Crippen LogP contribution in [0.1, 0.15) is 16.7 Å². The maximum atomic E-state index is 11.5. The Labute approximate surface area is 134 Å². The number of phosphoric acid groups is 1. The highest BCUT2D eigenvalue weighted by Gasteiger charge is 2.45. The normalized spacial score (nSPS) is 27.2. The molecule has 4 unspecified atom stereocenters. The lowest BCUT2D eigenvalue weighted by molar-refractivity contribution is -0.105. The molecule has 0 spiro atoms. The number of aromatic nitrogens is 2. The minimum Gasteiger partial charge on any atom is -0.387 e. The molecule has 14 heteroatoms. The van der Waals surface area contributed by atoms with Gasteiger partial charge in [-0.05, 0) is 0 Å². The third-order valence-electron chi connectivity index (χ3n) is 3.24. The van der Waals surface area contributed by atoms with Crippen LogP contribution >= 0.6 is 7.82 Å². The van der Waals surface area contributed by atoms with E-state index >= 15 is 0 Å². The fourth-order valence-electron chi connectivity index (χ4n) is 2.23. The summed E-state index contributed by atoms with van der Waals surface area (Å²) in [5.41, 5.74) is 4.91. The van der Waals surface area contributed by atoms with Crippen LogP contribution < -0.4 is 11.1 Å². The molecule has 4 atom stereocenters. The van der Waals surface area contributed by atoms with Crippen LogP contribution in [0.5, 0.6) is 0 Å². The summed E-state index contributed by atoms with van der Waals surface area (Å²) in [6, 6.07) is 0. The van der Waals surface area contributed by atoms with Gasteiger partial charge in [-0.3, -0.25) is 18.7 Å². The van der Waals surface area contributed by atoms with Crippen LogP contribution in [0.4, 0.5) is 5.82 Å². The van der Waals surface area contributed by atoms with Crippen LogP contribution in [0.3, 0.4) is 0 Å². The number of carbonyl (C=O) groups excluding carboxylic acids is 2. The van der Waals surface area contributed by atoms with Crippen LogP contribution in [-0.2, 0) is 18.6 Å². The Morgan fingerprint density at radius 3 is 2.71 bits per heavy atom. The molecular weight excluding hydrogens is 351 g/mol. The molecule has 1 aromatic heterocycles. The van der Waals surface area contributed by atoms with E-state index in [9.17, 15) is 24.4 Å². The van der Waals surface area contributed by atoms with Crippen LogP contribution in [-0.4, -0.2) is 66.8 Å². The van der Waals surface area contributed by atoms with Gasteiger partial charge >= 0.3 is 7.82 Å². The molecule has 2 heterocycles. The second-order valence-corrected chi connectivity index (χ2v) is 6.05. The first-order valence-electron chi connectivity index (χ1n) is 6.44. The van der Waals surface area contributed by atoms with Crippen molar-refractivity contribution in [3.05, 3.63) is 12.0 Å². The van der Waals surface area contributed by atoms with Gasteiger partial charge < -0.3 is 35.8 Å². The van der Waals surface area contributed by atoms with E-state index in [-0.39, 0.29) is 17.9 Å². The number of nitrogens with zero attached hydrogens (tertiary/aromatic N) is 2. The van der Waals surface area contributed by atoms with Crippen molar-refractivity contribution >= 4 is 26.0 Å². The van der Waals surface area contributed by atoms with E-state index in [2.05, 4.69) is 14.8 Å². The van der Waals surface area contributed by atoms with Crippen LogP contribution in [0.15, 0.2) is 6.33 Å². The number of aliphatic hydroxyl groups is 2. The Bertz CT molecular complexity index is 673. The Morgan fingerprint density at radius 2 is 2.17 bits per heavy atom. The summed E-state index contributed by atoms with van der Waals surface area (Å²) in [4.78, 5) is 43.1. The molecule has 0 radical (unpaired) electrons. The molecular formula is C10H15N4O9P. The molecule has 13 nitrogen and oxygen atoms in total. The number of rotatable bonds is 7. The Kier molecular flexibility index (Phi) is 5.35. The molecule has 1 saturated heterocycles. The number of imidazole rings is 1. The molecule has 0 bridgehead atoms. The number of amides is 2. The van der Waals surface area contributed by atoms with Gasteiger partial charge in [0.05, 0.1) is 12.9 Å².